The van der Waals surface area contributed by atoms with Gasteiger partial charge >= 0.3 is 0 Å². The Hall–Kier alpha value is -0.610. The number of benzene rings is 1. The van der Waals surface area contributed by atoms with E-state index in [0.29, 0.717) is 11.3 Å². The zero-order chi connectivity index (χ0) is 10.1. The van der Waals surface area contributed by atoms with E-state index in [1.54, 1.807) is 32.0 Å². The molecule has 2 N–H and O–H groups in total. The molecule has 0 aliphatic heterocycles. The smallest absolute Gasteiger partial charge is 0.129 e. The van der Waals surface area contributed by atoms with Crippen LogP contribution in [0.3, 0.4) is 0 Å². The minimum Gasteiger partial charge on any atom is -0.399 e. The molecular weight excluding hydrogens is 237 g/mol. The molecule has 0 amide bonds. The van der Waals surface area contributed by atoms with Crippen molar-refractivity contribution in [3.05, 3.63) is 28.2 Å². The third-order valence-corrected chi connectivity index (χ3v) is 2.52. The maximum atomic E-state index is 12.2. The highest BCUT2D eigenvalue weighted by Crippen LogP contribution is 2.32. The number of halogens is 2. The van der Waals surface area contributed by atoms with Gasteiger partial charge in [-0.15, -0.1) is 0 Å². The average molecular weight is 248 g/mol. The largest absolute Gasteiger partial charge is 0.399 e. The summed E-state index contributed by atoms with van der Waals surface area (Å²) >= 11 is 3.30. The molecule has 1 aromatic carbocycles. The van der Waals surface area contributed by atoms with Gasteiger partial charge in [0.1, 0.15) is 5.60 Å². The first-order valence-corrected chi connectivity index (χ1v) is 4.62. The van der Waals surface area contributed by atoms with Gasteiger partial charge in [0.25, 0.3) is 0 Å². The SMILES string of the molecule is CC(C)(OF)c1cc(N)ccc1Br. The van der Waals surface area contributed by atoms with Crippen molar-refractivity contribution in [2.24, 2.45) is 0 Å². The first kappa shape index (κ1) is 10.5. The number of hydrogen-bond donors (Lipinski definition) is 1. The Labute approximate surface area is 84.9 Å². The van der Waals surface area contributed by atoms with E-state index in [4.69, 9.17) is 5.73 Å². The third kappa shape index (κ3) is 2.19. The Morgan fingerprint density at radius 2 is 2.08 bits per heavy atom. The minimum absolute atomic E-state index is 0.586. The number of nitrogens with two attached hydrogens (primary N) is 1. The van der Waals surface area contributed by atoms with Crippen LogP contribution < -0.4 is 5.73 Å². The highest BCUT2D eigenvalue weighted by Gasteiger charge is 2.25. The van der Waals surface area contributed by atoms with Gasteiger partial charge in [0.2, 0.25) is 0 Å². The third-order valence-electron chi connectivity index (χ3n) is 1.83. The highest BCUT2D eigenvalue weighted by molar-refractivity contribution is 9.10. The van der Waals surface area contributed by atoms with Crippen LogP contribution in [-0.4, -0.2) is 0 Å². The van der Waals surface area contributed by atoms with Crippen molar-refractivity contribution < 1.29 is 9.47 Å². The maximum absolute atomic E-state index is 12.2. The van der Waals surface area contributed by atoms with E-state index in [0.717, 1.165) is 4.47 Å². The fourth-order valence-corrected chi connectivity index (χ4v) is 1.77. The van der Waals surface area contributed by atoms with Crippen LogP contribution in [0.1, 0.15) is 19.4 Å². The van der Waals surface area contributed by atoms with Gasteiger partial charge in [-0.25, -0.2) is 0 Å². The van der Waals surface area contributed by atoms with Gasteiger partial charge in [0.05, 0.1) is 0 Å². The maximum Gasteiger partial charge on any atom is 0.129 e. The van der Waals surface area contributed by atoms with Crippen LogP contribution in [0, 0.1) is 0 Å². The van der Waals surface area contributed by atoms with Crippen LogP contribution in [0.5, 0.6) is 0 Å². The van der Waals surface area contributed by atoms with E-state index in [1.165, 1.54) is 0 Å². The molecule has 1 rings (SSSR count). The average Bonchev–Trinajstić information content (AvgIpc) is 2.09. The second kappa shape index (κ2) is 3.64. The van der Waals surface area contributed by atoms with Gasteiger partial charge in [-0.05, 0) is 36.6 Å². The first-order chi connectivity index (χ1) is 5.97. The lowest BCUT2D eigenvalue weighted by Gasteiger charge is -2.21. The monoisotopic (exact) mass is 247 g/mol. The lowest BCUT2D eigenvalue weighted by Crippen LogP contribution is -2.18. The summed E-state index contributed by atoms with van der Waals surface area (Å²) < 4.78 is 13.0. The molecule has 0 aliphatic carbocycles. The molecule has 0 bridgehead atoms. The fraction of sp³-hybridized carbons (Fsp3) is 0.333. The molecule has 4 heteroatoms. The molecule has 0 aliphatic rings. The Balaban J connectivity index is 3.20. The predicted octanol–water partition coefficient (Wildman–Crippen LogP) is 3.17. The Bertz CT molecular complexity index is 314. The minimum atomic E-state index is -0.978. The Kier molecular flexibility index (Phi) is 2.93. The summed E-state index contributed by atoms with van der Waals surface area (Å²) in [6.45, 7) is 3.26. The second-order valence-corrected chi connectivity index (χ2v) is 4.18. The van der Waals surface area contributed by atoms with E-state index in [1.807, 2.05) is 0 Å². The van der Waals surface area contributed by atoms with E-state index >= 15 is 0 Å². The number of nitrogen functional groups attached to an aromatic ring is 1. The van der Waals surface area contributed by atoms with Crippen molar-refractivity contribution in [3.8, 4) is 0 Å². The molecule has 0 saturated carbocycles. The van der Waals surface area contributed by atoms with Gasteiger partial charge in [-0.2, -0.15) is 4.94 Å². The van der Waals surface area contributed by atoms with Crippen molar-refractivity contribution >= 4 is 21.6 Å². The van der Waals surface area contributed by atoms with E-state index < -0.39 is 5.60 Å². The van der Waals surface area contributed by atoms with Crippen molar-refractivity contribution in [2.75, 3.05) is 5.73 Å². The molecule has 72 valence electrons. The predicted molar refractivity (Wildman–Crippen MR) is 53.8 cm³/mol. The summed E-state index contributed by atoms with van der Waals surface area (Å²) in [5.41, 5.74) is 5.88. The lowest BCUT2D eigenvalue weighted by molar-refractivity contribution is -0.227. The molecule has 13 heavy (non-hydrogen) atoms. The Morgan fingerprint density at radius 1 is 1.46 bits per heavy atom. The van der Waals surface area contributed by atoms with Gasteiger partial charge < -0.3 is 5.73 Å². The second-order valence-electron chi connectivity index (χ2n) is 3.33. The summed E-state index contributed by atoms with van der Waals surface area (Å²) in [5.74, 6) is 0. The topological polar surface area (TPSA) is 35.2 Å². The fourth-order valence-electron chi connectivity index (χ4n) is 1.05. The molecule has 0 spiro atoms. The number of rotatable bonds is 2. The molecule has 0 fully saturated rings. The van der Waals surface area contributed by atoms with Crippen molar-refractivity contribution in [2.45, 2.75) is 19.4 Å². The summed E-state index contributed by atoms with van der Waals surface area (Å²) in [4.78, 5) is 3.87. The summed E-state index contributed by atoms with van der Waals surface area (Å²) in [6.07, 6.45) is 0. The summed E-state index contributed by atoms with van der Waals surface area (Å²) in [5, 5.41) is 0. The standard InChI is InChI=1S/C9H11BrFNO/c1-9(2,13-11)7-5-6(12)3-4-8(7)10/h3-5H,12H2,1-2H3. The summed E-state index contributed by atoms with van der Waals surface area (Å²) in [7, 11) is 0. The van der Waals surface area contributed by atoms with Crippen molar-refractivity contribution in [1.29, 1.82) is 0 Å². The molecule has 0 radical (unpaired) electrons. The Morgan fingerprint density at radius 3 is 2.62 bits per heavy atom. The van der Waals surface area contributed by atoms with Crippen LogP contribution >= 0.6 is 15.9 Å². The molecule has 0 heterocycles. The van der Waals surface area contributed by atoms with Gasteiger partial charge in [-0.3, -0.25) is 0 Å². The van der Waals surface area contributed by atoms with Crippen LogP contribution in [0.25, 0.3) is 0 Å². The van der Waals surface area contributed by atoms with Gasteiger partial charge in [0, 0.05) is 15.7 Å². The lowest BCUT2D eigenvalue weighted by atomic mass is 9.98. The molecular formula is C9H11BrFNO. The molecule has 0 saturated heterocycles. The first-order valence-electron chi connectivity index (χ1n) is 3.82. The number of anilines is 1. The molecule has 0 atom stereocenters. The molecule has 0 aromatic heterocycles. The zero-order valence-corrected chi connectivity index (χ0v) is 9.06. The highest BCUT2D eigenvalue weighted by atomic mass is 79.9. The van der Waals surface area contributed by atoms with Crippen LogP contribution in [0.15, 0.2) is 22.7 Å². The van der Waals surface area contributed by atoms with Crippen LogP contribution in [-0.2, 0) is 10.5 Å². The van der Waals surface area contributed by atoms with Crippen molar-refractivity contribution in [3.63, 3.8) is 0 Å². The van der Waals surface area contributed by atoms with Gasteiger partial charge in [0.15, 0.2) is 0 Å². The van der Waals surface area contributed by atoms with Crippen LogP contribution in [0.4, 0.5) is 10.2 Å². The number of hydrogen-bond acceptors (Lipinski definition) is 2. The molecule has 2 nitrogen and oxygen atoms in total. The van der Waals surface area contributed by atoms with Crippen LogP contribution in [0.2, 0.25) is 0 Å². The molecule has 1 aromatic rings. The van der Waals surface area contributed by atoms with E-state index in [2.05, 4.69) is 20.9 Å². The van der Waals surface area contributed by atoms with Crippen molar-refractivity contribution in [1.82, 2.24) is 0 Å². The summed E-state index contributed by atoms with van der Waals surface area (Å²) in [6, 6.07) is 5.19. The zero-order valence-electron chi connectivity index (χ0n) is 7.47. The quantitative estimate of drug-likeness (QED) is 0.816. The van der Waals surface area contributed by atoms with E-state index in [9.17, 15) is 4.53 Å². The van der Waals surface area contributed by atoms with Gasteiger partial charge in [-0.1, -0.05) is 15.9 Å². The normalized spacial score (nSPS) is 11.7. The van der Waals surface area contributed by atoms with E-state index in [-0.39, 0.29) is 0 Å². The molecule has 0 unspecified atom stereocenters.